The van der Waals surface area contributed by atoms with Gasteiger partial charge in [-0.05, 0) is 42.3 Å². The Morgan fingerprint density at radius 3 is 2.68 bits per heavy atom. The molecule has 25 heavy (non-hydrogen) atoms. The molecule has 0 saturated heterocycles. The van der Waals surface area contributed by atoms with E-state index in [2.05, 4.69) is 4.72 Å². The molecule has 0 aromatic heterocycles. The number of fused-ring (bicyclic) bond motifs is 1. The third-order valence-corrected chi connectivity index (χ3v) is 5.43. The summed E-state index contributed by atoms with van der Waals surface area (Å²) in [5.41, 5.74) is 0.844. The Morgan fingerprint density at radius 2 is 1.96 bits per heavy atom. The summed E-state index contributed by atoms with van der Waals surface area (Å²) in [6, 6.07) is 12.2. The Bertz CT molecular complexity index is 850. The van der Waals surface area contributed by atoms with Crippen molar-refractivity contribution in [3.63, 3.8) is 0 Å². The molecule has 0 radical (unpaired) electrons. The van der Waals surface area contributed by atoms with Gasteiger partial charge in [0.1, 0.15) is 18.5 Å². The lowest BCUT2D eigenvalue weighted by atomic mass is 10.1. The van der Waals surface area contributed by atoms with Crippen LogP contribution in [0.3, 0.4) is 0 Å². The molecule has 0 fully saturated rings. The zero-order valence-electron chi connectivity index (χ0n) is 14.2. The van der Waals surface area contributed by atoms with Crippen molar-refractivity contribution in [1.82, 2.24) is 4.72 Å². The van der Waals surface area contributed by atoms with E-state index in [4.69, 9.17) is 14.2 Å². The van der Waals surface area contributed by atoms with Crippen LogP contribution in [0, 0.1) is 0 Å². The van der Waals surface area contributed by atoms with Gasteiger partial charge in [-0.25, -0.2) is 13.1 Å². The molecule has 3 rings (SSSR count). The van der Waals surface area contributed by atoms with E-state index in [1.54, 1.807) is 25.3 Å². The second kappa shape index (κ2) is 7.33. The molecule has 1 aliphatic rings. The Hall–Kier alpha value is -2.25. The monoisotopic (exact) mass is 363 g/mol. The van der Waals surface area contributed by atoms with Crippen molar-refractivity contribution in [1.29, 1.82) is 0 Å². The number of hydrogen-bond donors (Lipinski definition) is 1. The number of benzene rings is 2. The van der Waals surface area contributed by atoms with Crippen LogP contribution in [-0.4, -0.2) is 34.8 Å². The number of ether oxygens (including phenoxy) is 3. The quantitative estimate of drug-likeness (QED) is 0.853. The van der Waals surface area contributed by atoms with Crippen molar-refractivity contribution >= 4 is 10.0 Å². The normalized spacial score (nSPS) is 16.5. The van der Waals surface area contributed by atoms with Crippen molar-refractivity contribution in [3.05, 3.63) is 48.0 Å². The van der Waals surface area contributed by atoms with Crippen molar-refractivity contribution in [2.24, 2.45) is 0 Å². The van der Waals surface area contributed by atoms with Gasteiger partial charge in [-0.1, -0.05) is 19.1 Å². The van der Waals surface area contributed by atoms with Gasteiger partial charge in [-0.2, -0.15) is 0 Å². The molecule has 0 spiro atoms. The Balaban J connectivity index is 1.68. The van der Waals surface area contributed by atoms with E-state index < -0.39 is 10.0 Å². The van der Waals surface area contributed by atoms with Crippen LogP contribution in [0.4, 0.5) is 0 Å². The maximum Gasteiger partial charge on any atom is 0.240 e. The summed E-state index contributed by atoms with van der Waals surface area (Å²) in [5.74, 6) is 1.97. The van der Waals surface area contributed by atoms with Crippen molar-refractivity contribution in [2.45, 2.75) is 24.3 Å². The van der Waals surface area contributed by atoms with Crippen LogP contribution in [0.15, 0.2) is 47.4 Å². The Labute approximate surface area is 147 Å². The van der Waals surface area contributed by atoms with Crippen LogP contribution in [0.2, 0.25) is 0 Å². The Kier molecular flexibility index (Phi) is 5.15. The lowest BCUT2D eigenvalue weighted by molar-refractivity contribution is 0.0943. The standard InChI is InChI=1S/C18H21NO5S/c1-3-13-10-15(8-9-16(13)22-2)25(20,21)19-11-14-12-23-17-6-4-5-7-18(17)24-14/h4-10,14,19H,3,11-12H2,1-2H3. The predicted molar refractivity (Wildman–Crippen MR) is 93.9 cm³/mol. The van der Waals surface area contributed by atoms with Crippen LogP contribution in [0.5, 0.6) is 17.2 Å². The minimum atomic E-state index is -3.64. The molecule has 1 heterocycles. The smallest absolute Gasteiger partial charge is 0.240 e. The van der Waals surface area contributed by atoms with E-state index in [1.165, 1.54) is 6.07 Å². The van der Waals surface area contributed by atoms with Crippen molar-refractivity contribution in [2.75, 3.05) is 20.3 Å². The number of methoxy groups -OCH3 is 1. The van der Waals surface area contributed by atoms with Gasteiger partial charge in [0.05, 0.1) is 18.6 Å². The van der Waals surface area contributed by atoms with Gasteiger partial charge in [0.15, 0.2) is 11.5 Å². The second-order valence-electron chi connectivity index (χ2n) is 5.68. The number of aryl methyl sites for hydroxylation is 1. The number of nitrogens with one attached hydrogen (secondary N) is 1. The molecule has 0 bridgehead atoms. The van der Waals surface area contributed by atoms with E-state index in [1.807, 2.05) is 25.1 Å². The molecule has 1 atom stereocenters. The highest BCUT2D eigenvalue weighted by Gasteiger charge is 2.23. The molecule has 1 unspecified atom stereocenters. The van der Waals surface area contributed by atoms with Gasteiger partial charge < -0.3 is 14.2 Å². The van der Waals surface area contributed by atoms with Crippen LogP contribution in [-0.2, 0) is 16.4 Å². The van der Waals surface area contributed by atoms with Gasteiger partial charge in [0.2, 0.25) is 10.0 Å². The third-order valence-electron chi connectivity index (χ3n) is 4.01. The fraction of sp³-hybridized carbons (Fsp3) is 0.333. The van der Waals surface area contributed by atoms with E-state index >= 15 is 0 Å². The average Bonchev–Trinajstić information content (AvgIpc) is 2.65. The molecule has 1 N–H and O–H groups in total. The summed E-state index contributed by atoms with van der Waals surface area (Å²) in [6.07, 6.45) is 0.302. The van der Waals surface area contributed by atoms with Gasteiger partial charge in [-0.15, -0.1) is 0 Å². The van der Waals surface area contributed by atoms with Gasteiger partial charge in [0.25, 0.3) is 0 Å². The lowest BCUT2D eigenvalue weighted by Crippen LogP contribution is -2.40. The molecule has 1 aliphatic heterocycles. The molecule has 0 amide bonds. The fourth-order valence-corrected chi connectivity index (χ4v) is 3.76. The van der Waals surface area contributed by atoms with Crippen molar-refractivity contribution < 1.29 is 22.6 Å². The topological polar surface area (TPSA) is 73.9 Å². The average molecular weight is 363 g/mol. The van der Waals surface area contributed by atoms with E-state index in [9.17, 15) is 8.42 Å². The highest BCUT2D eigenvalue weighted by molar-refractivity contribution is 7.89. The predicted octanol–water partition coefficient (Wildman–Crippen LogP) is 2.38. The van der Waals surface area contributed by atoms with E-state index in [0.29, 0.717) is 30.3 Å². The first-order valence-electron chi connectivity index (χ1n) is 8.08. The largest absolute Gasteiger partial charge is 0.496 e. The van der Waals surface area contributed by atoms with Crippen LogP contribution < -0.4 is 18.9 Å². The summed E-state index contributed by atoms with van der Waals surface area (Å²) in [6.45, 7) is 2.37. The lowest BCUT2D eigenvalue weighted by Gasteiger charge is -2.26. The summed E-state index contributed by atoms with van der Waals surface area (Å²) >= 11 is 0. The number of hydrogen-bond acceptors (Lipinski definition) is 5. The van der Waals surface area contributed by atoms with E-state index in [0.717, 1.165) is 5.56 Å². The minimum Gasteiger partial charge on any atom is -0.496 e. The highest BCUT2D eigenvalue weighted by Crippen LogP contribution is 2.30. The highest BCUT2D eigenvalue weighted by atomic mass is 32.2. The molecule has 0 aliphatic carbocycles. The molecular formula is C18H21NO5S. The maximum absolute atomic E-state index is 12.5. The first kappa shape index (κ1) is 17.6. The molecule has 0 saturated carbocycles. The van der Waals surface area contributed by atoms with Gasteiger partial charge in [-0.3, -0.25) is 0 Å². The Morgan fingerprint density at radius 1 is 1.20 bits per heavy atom. The summed E-state index contributed by atoms with van der Waals surface area (Å²) in [7, 11) is -2.07. The molecule has 2 aromatic carbocycles. The van der Waals surface area contributed by atoms with Crippen LogP contribution >= 0.6 is 0 Å². The molecule has 7 heteroatoms. The van der Waals surface area contributed by atoms with Crippen molar-refractivity contribution in [3.8, 4) is 17.2 Å². The SMILES string of the molecule is CCc1cc(S(=O)(=O)NCC2COc3ccccc3O2)ccc1OC. The zero-order chi connectivity index (χ0) is 17.9. The first-order valence-corrected chi connectivity index (χ1v) is 9.57. The summed E-state index contributed by atoms with van der Waals surface area (Å²) in [4.78, 5) is 0.210. The summed E-state index contributed by atoms with van der Waals surface area (Å²) in [5, 5.41) is 0. The first-order chi connectivity index (χ1) is 12.0. The fourth-order valence-electron chi connectivity index (χ4n) is 2.65. The van der Waals surface area contributed by atoms with Crippen LogP contribution in [0.25, 0.3) is 0 Å². The molecular weight excluding hydrogens is 342 g/mol. The number of rotatable bonds is 6. The van der Waals surface area contributed by atoms with Gasteiger partial charge >= 0.3 is 0 Å². The van der Waals surface area contributed by atoms with Crippen LogP contribution in [0.1, 0.15) is 12.5 Å². The maximum atomic E-state index is 12.5. The van der Waals surface area contributed by atoms with E-state index in [-0.39, 0.29) is 17.5 Å². The number of para-hydroxylation sites is 2. The van der Waals surface area contributed by atoms with Gasteiger partial charge in [0, 0.05) is 0 Å². The third kappa shape index (κ3) is 3.88. The molecule has 6 nitrogen and oxygen atoms in total. The minimum absolute atomic E-state index is 0.129. The molecule has 134 valence electrons. The summed E-state index contributed by atoms with van der Waals surface area (Å²) < 4.78 is 44.3. The second-order valence-corrected chi connectivity index (χ2v) is 7.44. The molecule has 2 aromatic rings. The number of sulfonamides is 1. The zero-order valence-corrected chi connectivity index (χ0v) is 15.0.